The van der Waals surface area contributed by atoms with E-state index in [4.69, 9.17) is 15.2 Å². The number of methoxy groups -OCH3 is 1. The number of hydrogen-bond acceptors (Lipinski definition) is 4. The lowest BCUT2D eigenvalue weighted by Gasteiger charge is -2.46. The van der Waals surface area contributed by atoms with Crippen LogP contribution in [0.4, 0.5) is 4.39 Å². The second-order valence-electron chi connectivity index (χ2n) is 4.87. The Morgan fingerprint density at radius 3 is 3.06 bits per heavy atom. The number of aliphatic hydroxyl groups excluding tert-OH is 1. The number of alkyl halides is 1. The van der Waals surface area contributed by atoms with E-state index in [9.17, 15) is 9.50 Å². The maximum absolute atomic E-state index is 14.0. The van der Waals surface area contributed by atoms with Crippen LogP contribution in [0, 0.1) is 5.92 Å². The molecule has 0 bridgehead atoms. The van der Waals surface area contributed by atoms with E-state index in [0.29, 0.717) is 18.6 Å². The van der Waals surface area contributed by atoms with Crippen molar-refractivity contribution in [2.75, 3.05) is 26.9 Å². The number of nitrogens with two attached hydrogens (primary N) is 1. The minimum Gasteiger partial charge on any atom is -0.396 e. The van der Waals surface area contributed by atoms with Crippen molar-refractivity contribution in [2.45, 2.75) is 24.2 Å². The van der Waals surface area contributed by atoms with Gasteiger partial charge in [-0.15, -0.1) is 0 Å². The molecule has 1 unspecified atom stereocenters. The summed E-state index contributed by atoms with van der Waals surface area (Å²) in [6, 6.07) is 0. The van der Waals surface area contributed by atoms with Crippen molar-refractivity contribution in [3.63, 3.8) is 0 Å². The van der Waals surface area contributed by atoms with Crippen LogP contribution in [0.3, 0.4) is 0 Å². The molecular weight excluding hydrogens is 237 g/mol. The molecule has 1 aliphatic heterocycles. The van der Waals surface area contributed by atoms with E-state index < -0.39 is 11.7 Å². The number of allylic oxidation sites excluding steroid dienone is 3. The summed E-state index contributed by atoms with van der Waals surface area (Å²) in [7, 11) is 1.55. The third-order valence-corrected chi connectivity index (χ3v) is 3.86. The molecule has 2 aliphatic rings. The van der Waals surface area contributed by atoms with Crippen LogP contribution in [0.1, 0.15) is 6.42 Å². The van der Waals surface area contributed by atoms with Crippen LogP contribution in [0.15, 0.2) is 23.8 Å². The average molecular weight is 257 g/mol. The summed E-state index contributed by atoms with van der Waals surface area (Å²) in [5.74, 6) is -0.354. The number of rotatable bonds is 3. The molecule has 4 atom stereocenters. The molecule has 1 aliphatic carbocycles. The largest absolute Gasteiger partial charge is 0.396 e. The average Bonchev–Trinajstić information content (AvgIpc) is 2.38. The van der Waals surface area contributed by atoms with E-state index in [1.165, 1.54) is 0 Å². The van der Waals surface area contributed by atoms with Crippen LogP contribution in [0.25, 0.3) is 0 Å². The normalized spacial score (nSPS) is 40.7. The summed E-state index contributed by atoms with van der Waals surface area (Å²) in [5.41, 5.74) is 5.83. The van der Waals surface area contributed by atoms with Gasteiger partial charge in [-0.1, -0.05) is 18.2 Å². The van der Waals surface area contributed by atoms with Gasteiger partial charge < -0.3 is 20.3 Å². The highest BCUT2D eigenvalue weighted by atomic mass is 19.1. The van der Waals surface area contributed by atoms with Gasteiger partial charge in [-0.25, -0.2) is 4.39 Å². The Morgan fingerprint density at radius 1 is 1.67 bits per heavy atom. The molecule has 0 aromatic heterocycles. The maximum Gasteiger partial charge on any atom is 0.127 e. The Hall–Kier alpha value is -0.750. The SMILES string of the molecule is CO[C@H]1COC[C@@](N)(C2=CC=CCC2F)[C@@H]1CO. The van der Waals surface area contributed by atoms with Crippen molar-refractivity contribution in [1.29, 1.82) is 0 Å². The molecule has 1 fully saturated rings. The number of halogens is 1. The second-order valence-corrected chi connectivity index (χ2v) is 4.87. The maximum atomic E-state index is 14.0. The van der Waals surface area contributed by atoms with E-state index in [2.05, 4.69) is 0 Å². The Morgan fingerprint density at radius 2 is 2.44 bits per heavy atom. The lowest BCUT2D eigenvalue weighted by Crippen LogP contribution is -2.63. The molecular formula is C13H20FNO3. The first-order chi connectivity index (χ1) is 8.63. The zero-order valence-corrected chi connectivity index (χ0v) is 10.5. The fourth-order valence-electron chi connectivity index (χ4n) is 2.76. The topological polar surface area (TPSA) is 64.7 Å². The Balaban J connectivity index is 2.31. The van der Waals surface area contributed by atoms with Crippen molar-refractivity contribution in [2.24, 2.45) is 11.7 Å². The Kier molecular flexibility index (Phi) is 4.17. The fourth-order valence-corrected chi connectivity index (χ4v) is 2.76. The number of ether oxygens (including phenoxy) is 2. The molecule has 0 aromatic carbocycles. The van der Waals surface area contributed by atoms with Gasteiger partial charge in [0.1, 0.15) is 6.17 Å². The summed E-state index contributed by atoms with van der Waals surface area (Å²) < 4.78 is 24.8. The number of hydrogen-bond donors (Lipinski definition) is 2. The first-order valence-electron chi connectivity index (χ1n) is 6.15. The molecule has 0 amide bonds. The highest BCUT2D eigenvalue weighted by Crippen LogP contribution is 2.36. The smallest absolute Gasteiger partial charge is 0.127 e. The van der Waals surface area contributed by atoms with Gasteiger partial charge in [0.05, 0.1) is 31.5 Å². The second kappa shape index (κ2) is 5.48. The molecule has 0 saturated carbocycles. The fraction of sp³-hybridized carbons (Fsp3) is 0.692. The molecule has 0 spiro atoms. The van der Waals surface area contributed by atoms with Gasteiger partial charge in [-0.3, -0.25) is 0 Å². The Labute approximate surface area is 106 Å². The van der Waals surface area contributed by atoms with E-state index in [-0.39, 0.29) is 25.2 Å². The Bertz CT molecular complexity index is 358. The van der Waals surface area contributed by atoms with Gasteiger partial charge in [0.2, 0.25) is 0 Å². The van der Waals surface area contributed by atoms with Gasteiger partial charge in [-0.05, 0) is 5.57 Å². The first kappa shape index (κ1) is 13.7. The monoisotopic (exact) mass is 257 g/mol. The van der Waals surface area contributed by atoms with Crippen LogP contribution >= 0.6 is 0 Å². The summed E-state index contributed by atoms with van der Waals surface area (Å²) >= 11 is 0. The predicted octanol–water partition coefficient (Wildman–Crippen LogP) is 0.562. The van der Waals surface area contributed by atoms with Gasteiger partial charge in [0.15, 0.2) is 0 Å². The van der Waals surface area contributed by atoms with Crippen LogP contribution in [0.5, 0.6) is 0 Å². The highest BCUT2D eigenvalue weighted by molar-refractivity contribution is 5.34. The third-order valence-electron chi connectivity index (χ3n) is 3.86. The zero-order valence-electron chi connectivity index (χ0n) is 10.5. The quantitative estimate of drug-likeness (QED) is 0.775. The molecule has 0 radical (unpaired) electrons. The van der Waals surface area contributed by atoms with Gasteiger partial charge >= 0.3 is 0 Å². The summed E-state index contributed by atoms with van der Waals surface area (Å²) in [4.78, 5) is 0. The van der Waals surface area contributed by atoms with Crippen molar-refractivity contribution >= 4 is 0 Å². The lowest BCUT2D eigenvalue weighted by atomic mass is 9.72. The summed E-state index contributed by atoms with van der Waals surface area (Å²) in [5, 5.41) is 9.56. The molecule has 4 nitrogen and oxygen atoms in total. The van der Waals surface area contributed by atoms with Gasteiger partial charge in [-0.2, -0.15) is 0 Å². The molecule has 5 heteroatoms. The third kappa shape index (κ3) is 2.23. The minimum absolute atomic E-state index is 0.147. The molecule has 1 saturated heterocycles. The number of aliphatic hydroxyl groups is 1. The first-order valence-corrected chi connectivity index (χ1v) is 6.15. The molecule has 2 rings (SSSR count). The van der Waals surface area contributed by atoms with Crippen LogP contribution in [-0.2, 0) is 9.47 Å². The lowest BCUT2D eigenvalue weighted by molar-refractivity contribution is -0.112. The molecule has 0 aromatic rings. The highest BCUT2D eigenvalue weighted by Gasteiger charge is 2.48. The van der Waals surface area contributed by atoms with E-state index >= 15 is 0 Å². The molecule has 102 valence electrons. The van der Waals surface area contributed by atoms with E-state index in [1.807, 2.05) is 0 Å². The summed E-state index contributed by atoms with van der Waals surface area (Å²) in [6.07, 6.45) is 4.15. The predicted molar refractivity (Wildman–Crippen MR) is 65.8 cm³/mol. The van der Waals surface area contributed by atoms with E-state index in [1.54, 1.807) is 25.3 Å². The summed E-state index contributed by atoms with van der Waals surface area (Å²) in [6.45, 7) is 0.436. The molecule has 1 heterocycles. The van der Waals surface area contributed by atoms with Crippen LogP contribution in [-0.4, -0.2) is 49.9 Å². The van der Waals surface area contributed by atoms with Gasteiger partial charge in [0, 0.05) is 19.4 Å². The van der Waals surface area contributed by atoms with E-state index in [0.717, 1.165) is 0 Å². The standard InChI is InChI=1S/C13H20FNO3/c1-17-12-7-18-8-13(15,10(12)6-16)9-4-2-3-5-11(9)14/h2-4,10-12,16H,5-8,15H2,1H3/t10-,11?,12+,13-/m1/s1. The zero-order chi connectivity index (χ0) is 13.2. The van der Waals surface area contributed by atoms with Crippen LogP contribution < -0.4 is 5.73 Å². The molecule has 18 heavy (non-hydrogen) atoms. The minimum atomic E-state index is -1.12. The van der Waals surface area contributed by atoms with Crippen molar-refractivity contribution in [3.8, 4) is 0 Å². The van der Waals surface area contributed by atoms with Gasteiger partial charge in [0.25, 0.3) is 0 Å². The molecule has 3 N–H and O–H groups in total. The van der Waals surface area contributed by atoms with Crippen molar-refractivity contribution < 1.29 is 19.0 Å². The van der Waals surface area contributed by atoms with Crippen LogP contribution in [0.2, 0.25) is 0 Å². The van der Waals surface area contributed by atoms with Crippen molar-refractivity contribution in [3.05, 3.63) is 23.8 Å². The van der Waals surface area contributed by atoms with Crippen molar-refractivity contribution in [1.82, 2.24) is 0 Å².